The first-order chi connectivity index (χ1) is 9.81. The lowest BCUT2D eigenvalue weighted by atomic mass is 9.95. The van der Waals surface area contributed by atoms with Gasteiger partial charge in [0, 0.05) is 15.8 Å². The third-order valence-corrected chi connectivity index (χ3v) is 5.11. The van der Waals surface area contributed by atoms with Crippen molar-refractivity contribution in [2.24, 2.45) is 0 Å². The molecule has 2 aromatic rings. The van der Waals surface area contributed by atoms with Crippen LogP contribution < -0.4 is 5.32 Å². The second-order valence-electron chi connectivity index (χ2n) is 6.25. The van der Waals surface area contributed by atoms with Crippen molar-refractivity contribution >= 4 is 11.3 Å². The molecule has 114 valence electrons. The Labute approximate surface area is 129 Å². The fraction of sp³-hybridized carbons (Fsp3) is 0.412. The van der Waals surface area contributed by atoms with Crippen LogP contribution in [0.1, 0.15) is 42.1 Å². The molecule has 0 radical (unpaired) electrons. The normalized spacial score (nSPS) is 13.4. The third-order valence-electron chi connectivity index (χ3n) is 3.48. The SMILES string of the molecule is CNC(Cc1ccc(F)c(F)c1)c1ccc(C(C)(C)C)s1. The zero-order chi connectivity index (χ0) is 15.6. The second-order valence-corrected chi connectivity index (χ2v) is 7.36. The Balaban J connectivity index is 2.19. The molecule has 0 aliphatic carbocycles. The average molecular weight is 309 g/mol. The number of benzene rings is 1. The van der Waals surface area contributed by atoms with E-state index in [1.807, 2.05) is 7.05 Å². The molecule has 0 saturated heterocycles. The van der Waals surface area contributed by atoms with Crippen LogP contribution >= 0.6 is 11.3 Å². The first kappa shape index (κ1) is 16.1. The van der Waals surface area contributed by atoms with Gasteiger partial charge in [-0.1, -0.05) is 26.8 Å². The smallest absolute Gasteiger partial charge is 0.159 e. The summed E-state index contributed by atoms with van der Waals surface area (Å²) in [7, 11) is 1.89. The molecule has 1 heterocycles. The molecule has 0 aliphatic rings. The highest BCUT2D eigenvalue weighted by atomic mass is 32.1. The first-order valence-corrected chi connectivity index (χ1v) is 7.84. The van der Waals surface area contributed by atoms with Crippen molar-refractivity contribution in [3.8, 4) is 0 Å². The van der Waals surface area contributed by atoms with E-state index in [0.29, 0.717) is 6.42 Å². The van der Waals surface area contributed by atoms with Gasteiger partial charge in [0.2, 0.25) is 0 Å². The molecule has 4 heteroatoms. The van der Waals surface area contributed by atoms with Crippen LogP contribution in [0, 0.1) is 11.6 Å². The van der Waals surface area contributed by atoms with Gasteiger partial charge in [-0.25, -0.2) is 8.78 Å². The summed E-state index contributed by atoms with van der Waals surface area (Å²) in [6.45, 7) is 6.56. The number of halogens is 2. The first-order valence-electron chi connectivity index (χ1n) is 7.02. The van der Waals surface area contributed by atoms with E-state index in [2.05, 4.69) is 38.2 Å². The van der Waals surface area contributed by atoms with Crippen LogP contribution in [0.15, 0.2) is 30.3 Å². The van der Waals surface area contributed by atoms with E-state index in [1.54, 1.807) is 17.4 Å². The van der Waals surface area contributed by atoms with Crippen molar-refractivity contribution in [1.82, 2.24) is 5.32 Å². The lowest BCUT2D eigenvalue weighted by molar-refractivity contribution is 0.505. The van der Waals surface area contributed by atoms with Gasteiger partial charge < -0.3 is 5.32 Å². The molecule has 0 fully saturated rings. The van der Waals surface area contributed by atoms with Gasteiger partial charge in [-0.2, -0.15) is 0 Å². The summed E-state index contributed by atoms with van der Waals surface area (Å²) in [5.41, 5.74) is 0.919. The highest BCUT2D eigenvalue weighted by Crippen LogP contribution is 2.33. The summed E-state index contributed by atoms with van der Waals surface area (Å²) in [6.07, 6.45) is 0.637. The fourth-order valence-corrected chi connectivity index (χ4v) is 3.37. The van der Waals surface area contributed by atoms with Crippen LogP contribution in [0.25, 0.3) is 0 Å². The lowest BCUT2D eigenvalue weighted by Gasteiger charge is -2.17. The zero-order valence-corrected chi connectivity index (χ0v) is 13.7. The minimum Gasteiger partial charge on any atom is -0.312 e. The van der Waals surface area contributed by atoms with Crippen LogP contribution in [0.4, 0.5) is 8.78 Å². The van der Waals surface area contributed by atoms with E-state index in [0.717, 1.165) is 5.56 Å². The van der Waals surface area contributed by atoms with Gasteiger partial charge in [0.15, 0.2) is 11.6 Å². The van der Waals surface area contributed by atoms with Gasteiger partial charge in [-0.05, 0) is 48.7 Å². The molecule has 21 heavy (non-hydrogen) atoms. The molecule has 0 amide bonds. The number of nitrogens with one attached hydrogen (secondary N) is 1. The molecule has 2 rings (SSSR count). The molecule has 1 nitrogen and oxygen atoms in total. The molecule has 1 aromatic carbocycles. The van der Waals surface area contributed by atoms with Gasteiger partial charge in [0.1, 0.15) is 0 Å². The predicted molar refractivity (Wildman–Crippen MR) is 84.9 cm³/mol. The number of likely N-dealkylation sites (N-methyl/N-ethyl adjacent to an activating group) is 1. The van der Waals surface area contributed by atoms with Crippen molar-refractivity contribution in [3.05, 3.63) is 57.3 Å². The highest BCUT2D eigenvalue weighted by Gasteiger charge is 2.19. The third kappa shape index (κ3) is 3.89. The van der Waals surface area contributed by atoms with Crippen molar-refractivity contribution in [2.45, 2.75) is 38.6 Å². The Bertz CT molecular complexity index is 613. The maximum absolute atomic E-state index is 13.3. The Kier molecular flexibility index (Phi) is 4.79. The summed E-state index contributed by atoms with van der Waals surface area (Å²) in [5, 5.41) is 3.26. The molecule has 1 unspecified atom stereocenters. The Hall–Kier alpha value is -1.26. The standard InChI is InChI=1S/C17H21F2NS/c1-17(2,3)16-8-7-15(21-16)14(20-4)10-11-5-6-12(18)13(19)9-11/h5-9,14,20H,10H2,1-4H3. The molecular formula is C17H21F2NS. The molecule has 1 N–H and O–H groups in total. The lowest BCUT2D eigenvalue weighted by Crippen LogP contribution is -2.18. The second kappa shape index (κ2) is 6.24. The summed E-state index contributed by atoms with van der Waals surface area (Å²) >= 11 is 1.77. The molecule has 0 bridgehead atoms. The largest absolute Gasteiger partial charge is 0.312 e. The minimum atomic E-state index is -0.800. The van der Waals surface area contributed by atoms with Crippen molar-refractivity contribution in [2.75, 3.05) is 7.05 Å². The molecule has 0 aliphatic heterocycles. The minimum absolute atomic E-state index is 0.107. The Morgan fingerprint density at radius 3 is 2.33 bits per heavy atom. The average Bonchev–Trinajstić information content (AvgIpc) is 2.89. The molecule has 0 saturated carbocycles. The number of hydrogen-bond donors (Lipinski definition) is 1. The van der Waals surface area contributed by atoms with Crippen molar-refractivity contribution < 1.29 is 8.78 Å². The number of hydrogen-bond acceptors (Lipinski definition) is 2. The zero-order valence-electron chi connectivity index (χ0n) is 12.8. The summed E-state index contributed by atoms with van der Waals surface area (Å²) < 4.78 is 26.3. The van der Waals surface area contributed by atoms with Gasteiger partial charge in [0.25, 0.3) is 0 Å². The van der Waals surface area contributed by atoms with E-state index in [4.69, 9.17) is 0 Å². The molecule has 1 atom stereocenters. The number of rotatable bonds is 4. The molecule has 0 spiro atoms. The van der Waals surface area contributed by atoms with Gasteiger partial charge in [-0.15, -0.1) is 11.3 Å². The van der Waals surface area contributed by atoms with E-state index < -0.39 is 11.6 Å². The van der Waals surface area contributed by atoms with E-state index in [1.165, 1.54) is 21.9 Å². The quantitative estimate of drug-likeness (QED) is 0.853. The van der Waals surface area contributed by atoms with Crippen LogP contribution in [-0.2, 0) is 11.8 Å². The van der Waals surface area contributed by atoms with Crippen LogP contribution in [0.5, 0.6) is 0 Å². The summed E-state index contributed by atoms with van der Waals surface area (Å²) in [4.78, 5) is 2.54. The van der Waals surface area contributed by atoms with Crippen molar-refractivity contribution in [1.29, 1.82) is 0 Å². The van der Waals surface area contributed by atoms with Gasteiger partial charge in [0.05, 0.1) is 0 Å². The Morgan fingerprint density at radius 2 is 1.81 bits per heavy atom. The monoisotopic (exact) mass is 309 g/mol. The summed E-state index contributed by atoms with van der Waals surface area (Å²) in [5.74, 6) is -1.59. The van der Waals surface area contributed by atoms with E-state index >= 15 is 0 Å². The Morgan fingerprint density at radius 1 is 1.10 bits per heavy atom. The number of thiophene rings is 1. The van der Waals surface area contributed by atoms with Crippen LogP contribution in [0.2, 0.25) is 0 Å². The van der Waals surface area contributed by atoms with Crippen LogP contribution in [-0.4, -0.2) is 7.05 Å². The topological polar surface area (TPSA) is 12.0 Å². The highest BCUT2D eigenvalue weighted by molar-refractivity contribution is 7.12. The fourth-order valence-electron chi connectivity index (χ4n) is 2.19. The van der Waals surface area contributed by atoms with Crippen LogP contribution in [0.3, 0.4) is 0 Å². The van der Waals surface area contributed by atoms with Gasteiger partial charge >= 0.3 is 0 Å². The van der Waals surface area contributed by atoms with E-state index in [9.17, 15) is 8.78 Å². The van der Waals surface area contributed by atoms with Crippen molar-refractivity contribution in [3.63, 3.8) is 0 Å². The summed E-state index contributed by atoms with van der Waals surface area (Å²) in [6, 6.07) is 8.48. The maximum Gasteiger partial charge on any atom is 0.159 e. The van der Waals surface area contributed by atoms with Gasteiger partial charge in [-0.3, -0.25) is 0 Å². The van der Waals surface area contributed by atoms with E-state index in [-0.39, 0.29) is 11.5 Å². The predicted octanol–water partition coefficient (Wildman–Crippen LogP) is 4.83. The molecular weight excluding hydrogens is 288 g/mol. The maximum atomic E-state index is 13.3. The molecule has 1 aromatic heterocycles.